The topological polar surface area (TPSA) is 65.1 Å². The fourth-order valence-corrected chi connectivity index (χ4v) is 4.73. The minimum atomic E-state index is -0.846. The predicted octanol–water partition coefficient (Wildman–Crippen LogP) is 3.78. The Kier molecular flexibility index (Phi) is 5.92. The predicted molar refractivity (Wildman–Crippen MR) is 106 cm³/mol. The number of carbonyl (C=O) groups is 2. The number of fused-ring (bicyclic) bond motifs is 1. The molecule has 0 bridgehead atoms. The van der Waals surface area contributed by atoms with E-state index in [0.717, 1.165) is 32.0 Å². The fourth-order valence-electron chi connectivity index (χ4n) is 4.43. The van der Waals surface area contributed by atoms with Crippen molar-refractivity contribution in [2.24, 2.45) is 5.92 Å². The van der Waals surface area contributed by atoms with E-state index in [9.17, 15) is 9.59 Å². The van der Waals surface area contributed by atoms with Crippen molar-refractivity contribution in [3.8, 4) is 11.5 Å². The molecular formula is C21H28ClNO5. The number of methoxy groups -OCH3 is 1. The standard InChI is InChI=1S/C21H28ClNO5/c1-12-16(20(25)26-5)15(10-11-24)17(22)19-18(12)27-21(2,28-19)13-6-8-14(9-7-13)23(3)4/h11,13-14H,6-10H2,1-5H3/t13-,14-,21?. The summed E-state index contributed by atoms with van der Waals surface area (Å²) < 4.78 is 17.5. The molecule has 0 radical (unpaired) electrons. The second-order valence-electron chi connectivity index (χ2n) is 8.00. The van der Waals surface area contributed by atoms with Gasteiger partial charge in [0.25, 0.3) is 5.79 Å². The summed E-state index contributed by atoms with van der Waals surface area (Å²) in [5.74, 6) is -0.287. The third-order valence-electron chi connectivity index (χ3n) is 6.14. The zero-order valence-corrected chi connectivity index (χ0v) is 17.9. The Hall–Kier alpha value is -1.79. The Morgan fingerprint density at radius 1 is 1.25 bits per heavy atom. The molecule has 7 heteroatoms. The number of ether oxygens (including phenoxy) is 3. The monoisotopic (exact) mass is 409 g/mol. The van der Waals surface area contributed by atoms with Crippen LogP contribution in [0.5, 0.6) is 11.5 Å². The highest BCUT2D eigenvalue weighted by Crippen LogP contribution is 2.53. The van der Waals surface area contributed by atoms with E-state index in [1.165, 1.54) is 7.11 Å². The maximum absolute atomic E-state index is 12.3. The molecule has 6 nitrogen and oxygen atoms in total. The molecule has 154 valence electrons. The van der Waals surface area contributed by atoms with Gasteiger partial charge < -0.3 is 23.9 Å². The van der Waals surface area contributed by atoms with Crippen LogP contribution in [0.4, 0.5) is 0 Å². The first kappa shape index (κ1) is 20.9. The smallest absolute Gasteiger partial charge is 0.338 e. The maximum atomic E-state index is 12.3. The molecule has 1 atom stereocenters. The van der Waals surface area contributed by atoms with Gasteiger partial charge in [-0.2, -0.15) is 0 Å². The van der Waals surface area contributed by atoms with Gasteiger partial charge in [-0.1, -0.05) is 11.6 Å². The zero-order chi connectivity index (χ0) is 20.6. The van der Waals surface area contributed by atoms with E-state index >= 15 is 0 Å². The first-order chi connectivity index (χ1) is 13.2. The van der Waals surface area contributed by atoms with E-state index in [1.54, 1.807) is 6.92 Å². The van der Waals surface area contributed by atoms with Gasteiger partial charge >= 0.3 is 5.97 Å². The lowest BCUT2D eigenvalue weighted by Gasteiger charge is -2.39. The van der Waals surface area contributed by atoms with Crippen LogP contribution in [-0.2, 0) is 16.0 Å². The van der Waals surface area contributed by atoms with Crippen molar-refractivity contribution < 1.29 is 23.8 Å². The van der Waals surface area contributed by atoms with Crippen LogP contribution >= 0.6 is 11.6 Å². The first-order valence-corrected chi connectivity index (χ1v) is 10.0. The number of aldehydes is 1. The summed E-state index contributed by atoms with van der Waals surface area (Å²) in [5.41, 5.74) is 1.29. The molecule has 0 amide bonds. The van der Waals surface area contributed by atoms with Crippen LogP contribution < -0.4 is 9.47 Å². The van der Waals surface area contributed by atoms with Crippen molar-refractivity contribution in [2.75, 3.05) is 21.2 Å². The molecule has 1 aromatic carbocycles. The SMILES string of the molecule is COC(=O)c1c(C)c2c(c(Cl)c1CC=O)OC(C)([C@H]1CC[C@H](N(C)C)CC1)O2. The highest BCUT2D eigenvalue weighted by Gasteiger charge is 2.48. The average molecular weight is 410 g/mol. The summed E-state index contributed by atoms with van der Waals surface area (Å²) in [5, 5.41) is 0.249. The molecule has 0 saturated heterocycles. The molecule has 0 aromatic heterocycles. The Bertz CT molecular complexity index is 786. The van der Waals surface area contributed by atoms with E-state index in [2.05, 4.69) is 19.0 Å². The van der Waals surface area contributed by atoms with E-state index < -0.39 is 11.8 Å². The van der Waals surface area contributed by atoms with Gasteiger partial charge in [-0.15, -0.1) is 0 Å². The van der Waals surface area contributed by atoms with Crippen molar-refractivity contribution >= 4 is 23.9 Å². The minimum Gasteiger partial charge on any atom is -0.465 e. The lowest BCUT2D eigenvalue weighted by Crippen LogP contribution is -2.46. The second-order valence-corrected chi connectivity index (χ2v) is 8.38. The first-order valence-electron chi connectivity index (χ1n) is 9.64. The lowest BCUT2D eigenvalue weighted by molar-refractivity contribution is -0.123. The molecular weight excluding hydrogens is 382 g/mol. The average Bonchev–Trinajstić information content (AvgIpc) is 3.05. The van der Waals surface area contributed by atoms with Crippen LogP contribution in [0.3, 0.4) is 0 Å². The van der Waals surface area contributed by atoms with E-state index in [0.29, 0.717) is 28.7 Å². The molecule has 1 fully saturated rings. The van der Waals surface area contributed by atoms with Crippen LogP contribution in [0.15, 0.2) is 0 Å². The van der Waals surface area contributed by atoms with Gasteiger partial charge in [-0.3, -0.25) is 0 Å². The summed E-state index contributed by atoms with van der Waals surface area (Å²) in [7, 11) is 5.52. The maximum Gasteiger partial charge on any atom is 0.338 e. The third kappa shape index (κ3) is 3.48. The minimum absolute atomic E-state index is 0.00536. The van der Waals surface area contributed by atoms with Gasteiger partial charge in [0, 0.05) is 30.9 Å². The molecule has 1 heterocycles. The van der Waals surface area contributed by atoms with Gasteiger partial charge in [-0.25, -0.2) is 4.79 Å². The number of hydrogen-bond acceptors (Lipinski definition) is 6. The van der Waals surface area contributed by atoms with Gasteiger partial charge in [0.1, 0.15) is 6.29 Å². The van der Waals surface area contributed by atoms with Crippen molar-refractivity contribution in [1.82, 2.24) is 4.90 Å². The lowest BCUT2D eigenvalue weighted by atomic mass is 9.81. The van der Waals surface area contributed by atoms with Gasteiger partial charge in [-0.05, 0) is 52.3 Å². The van der Waals surface area contributed by atoms with Crippen LogP contribution in [0, 0.1) is 12.8 Å². The molecule has 0 spiro atoms. The summed E-state index contributed by atoms with van der Waals surface area (Å²) in [6.07, 6.45) is 4.84. The van der Waals surface area contributed by atoms with E-state index in [4.69, 9.17) is 25.8 Å². The van der Waals surface area contributed by atoms with Crippen molar-refractivity contribution in [3.05, 3.63) is 21.7 Å². The van der Waals surface area contributed by atoms with Crippen LogP contribution in [0.25, 0.3) is 0 Å². The van der Waals surface area contributed by atoms with Crippen molar-refractivity contribution in [1.29, 1.82) is 0 Å². The number of halogens is 1. The van der Waals surface area contributed by atoms with E-state index in [1.807, 2.05) is 6.92 Å². The van der Waals surface area contributed by atoms with Crippen LogP contribution in [0.1, 0.15) is 54.1 Å². The van der Waals surface area contributed by atoms with Crippen molar-refractivity contribution in [2.45, 2.75) is 57.8 Å². The Labute approximate surface area is 171 Å². The fraction of sp³-hybridized carbons (Fsp3) is 0.619. The number of rotatable bonds is 5. The Morgan fingerprint density at radius 3 is 2.39 bits per heavy atom. The molecule has 0 N–H and O–H groups in total. The zero-order valence-electron chi connectivity index (χ0n) is 17.1. The third-order valence-corrected chi connectivity index (χ3v) is 6.54. The van der Waals surface area contributed by atoms with Crippen molar-refractivity contribution in [3.63, 3.8) is 0 Å². The number of benzene rings is 1. The number of nitrogens with zero attached hydrogens (tertiary/aromatic N) is 1. The highest BCUT2D eigenvalue weighted by atomic mass is 35.5. The Balaban J connectivity index is 1.95. The molecule has 3 rings (SSSR count). The molecule has 1 aliphatic heterocycles. The molecule has 1 aliphatic carbocycles. The largest absolute Gasteiger partial charge is 0.465 e. The number of esters is 1. The van der Waals surface area contributed by atoms with Gasteiger partial charge in [0.05, 0.1) is 17.7 Å². The second kappa shape index (κ2) is 7.91. The van der Waals surface area contributed by atoms with Gasteiger partial charge in [0.2, 0.25) is 0 Å². The molecule has 1 saturated carbocycles. The molecule has 1 unspecified atom stereocenters. The quantitative estimate of drug-likeness (QED) is 0.544. The van der Waals surface area contributed by atoms with Gasteiger partial charge in [0.15, 0.2) is 11.5 Å². The van der Waals surface area contributed by atoms with Crippen LogP contribution in [0.2, 0.25) is 5.02 Å². The normalized spacial score (nSPS) is 26.4. The molecule has 2 aliphatic rings. The molecule has 28 heavy (non-hydrogen) atoms. The Morgan fingerprint density at radius 2 is 1.86 bits per heavy atom. The highest BCUT2D eigenvalue weighted by molar-refractivity contribution is 6.34. The summed E-state index contributed by atoms with van der Waals surface area (Å²) in [4.78, 5) is 25.8. The summed E-state index contributed by atoms with van der Waals surface area (Å²) in [6.45, 7) is 3.70. The summed E-state index contributed by atoms with van der Waals surface area (Å²) in [6, 6.07) is 0.569. The number of carbonyl (C=O) groups excluding carboxylic acids is 2. The van der Waals surface area contributed by atoms with E-state index in [-0.39, 0.29) is 22.9 Å². The molecule has 1 aromatic rings. The summed E-state index contributed by atoms with van der Waals surface area (Å²) >= 11 is 6.56. The number of hydrogen-bond donors (Lipinski definition) is 0. The van der Waals surface area contributed by atoms with Crippen LogP contribution in [-0.4, -0.2) is 50.2 Å².